The van der Waals surface area contributed by atoms with Crippen LogP contribution in [-0.4, -0.2) is 14.4 Å². The zero-order chi connectivity index (χ0) is 14.8. The van der Waals surface area contributed by atoms with Crippen LogP contribution in [0.25, 0.3) is 0 Å². The Morgan fingerprint density at radius 1 is 1.05 bits per heavy atom. The quantitative estimate of drug-likeness (QED) is 0.403. The molecule has 0 spiro atoms. The second-order valence-corrected chi connectivity index (χ2v) is 14.7. The first kappa shape index (κ1) is 14.8. The minimum atomic E-state index is -1.82. The molecule has 3 aliphatic rings. The molecular formula is C18H32OSi. The highest BCUT2D eigenvalue weighted by atomic mass is 28.4. The van der Waals surface area contributed by atoms with Crippen molar-refractivity contribution >= 4 is 8.32 Å². The molecule has 2 fully saturated rings. The lowest BCUT2D eigenvalue weighted by molar-refractivity contribution is 0.143. The van der Waals surface area contributed by atoms with E-state index in [0.29, 0.717) is 16.2 Å². The first-order valence-corrected chi connectivity index (χ1v) is 10.5. The van der Waals surface area contributed by atoms with E-state index in [1.807, 2.05) is 0 Å². The fourth-order valence-electron chi connectivity index (χ4n) is 5.98. The average molecular weight is 293 g/mol. The van der Waals surface area contributed by atoms with Crippen LogP contribution in [0.15, 0.2) is 11.6 Å². The molecule has 0 N–H and O–H groups in total. The Morgan fingerprint density at radius 2 is 1.70 bits per heavy atom. The number of hydrogen-bond acceptors (Lipinski definition) is 1. The summed E-state index contributed by atoms with van der Waals surface area (Å²) in [6, 6.07) is 0. The summed E-state index contributed by atoms with van der Waals surface area (Å²) < 4.78 is 7.09. The third-order valence-electron chi connectivity index (χ3n) is 6.19. The molecule has 1 nitrogen and oxygen atoms in total. The van der Waals surface area contributed by atoms with Crippen molar-refractivity contribution < 1.29 is 4.43 Å². The maximum absolute atomic E-state index is 7.09. The van der Waals surface area contributed by atoms with Gasteiger partial charge in [-0.1, -0.05) is 53.2 Å². The van der Waals surface area contributed by atoms with Crippen molar-refractivity contribution in [2.45, 2.75) is 95.4 Å². The normalized spacial score (nSPS) is 36.5. The predicted octanol–water partition coefficient (Wildman–Crippen LogP) is 5.82. The molecule has 0 aromatic carbocycles. The van der Waals surface area contributed by atoms with Crippen LogP contribution < -0.4 is 0 Å². The summed E-state index contributed by atoms with van der Waals surface area (Å²) >= 11 is 0. The highest BCUT2D eigenvalue weighted by molar-refractivity contribution is 6.81. The van der Waals surface area contributed by atoms with Crippen LogP contribution >= 0.6 is 0 Å². The molecule has 0 bridgehead atoms. The third kappa shape index (κ3) is 1.83. The lowest BCUT2D eigenvalue weighted by Crippen LogP contribution is -2.55. The van der Waals surface area contributed by atoms with Crippen LogP contribution in [0, 0.1) is 5.92 Å². The van der Waals surface area contributed by atoms with Gasteiger partial charge in [0, 0.05) is 5.92 Å². The third-order valence-corrected chi connectivity index (χ3v) is 13.0. The molecule has 2 heteroatoms. The van der Waals surface area contributed by atoms with Crippen molar-refractivity contribution in [2.24, 2.45) is 5.92 Å². The molecule has 3 rings (SSSR count). The van der Waals surface area contributed by atoms with Gasteiger partial charge in [-0.25, -0.2) is 0 Å². The van der Waals surface area contributed by atoms with Gasteiger partial charge in [-0.3, -0.25) is 0 Å². The lowest BCUT2D eigenvalue weighted by atomic mass is 9.75. The number of allylic oxidation sites excluding steroid dienone is 1. The summed E-state index contributed by atoms with van der Waals surface area (Å²) in [5.41, 5.74) is 2.62. The van der Waals surface area contributed by atoms with Gasteiger partial charge in [0.05, 0.1) is 6.10 Å². The first-order valence-electron chi connectivity index (χ1n) is 8.55. The second kappa shape index (κ2) is 4.46. The zero-order valence-electron chi connectivity index (χ0n) is 14.3. The van der Waals surface area contributed by atoms with Crippen LogP contribution in [-0.2, 0) is 4.43 Å². The molecule has 3 atom stereocenters. The van der Waals surface area contributed by atoms with E-state index in [0.717, 1.165) is 11.5 Å². The lowest BCUT2D eigenvalue weighted by Gasteiger charge is -2.52. The second-order valence-electron chi connectivity index (χ2n) is 9.27. The molecule has 0 amide bonds. The molecule has 20 heavy (non-hydrogen) atoms. The van der Waals surface area contributed by atoms with E-state index >= 15 is 0 Å². The van der Waals surface area contributed by atoms with Crippen molar-refractivity contribution in [3.63, 3.8) is 0 Å². The molecule has 0 aromatic heterocycles. The summed E-state index contributed by atoms with van der Waals surface area (Å²) in [4.78, 5) is 0. The number of rotatable bonds is 0. The topological polar surface area (TPSA) is 9.23 Å². The Balaban J connectivity index is 2.12. The van der Waals surface area contributed by atoms with Gasteiger partial charge in [0.2, 0.25) is 8.32 Å². The summed E-state index contributed by atoms with van der Waals surface area (Å²) in [6.07, 6.45) is 9.79. The van der Waals surface area contributed by atoms with Crippen molar-refractivity contribution in [2.75, 3.05) is 0 Å². The predicted molar refractivity (Wildman–Crippen MR) is 88.5 cm³/mol. The summed E-state index contributed by atoms with van der Waals surface area (Å²) in [5.74, 6) is 0.780. The van der Waals surface area contributed by atoms with Crippen LogP contribution in [0.4, 0.5) is 0 Å². The molecule has 114 valence electrons. The van der Waals surface area contributed by atoms with Crippen LogP contribution in [0.2, 0.25) is 15.6 Å². The minimum absolute atomic E-state index is 0.329. The van der Waals surface area contributed by atoms with Crippen LogP contribution in [0.5, 0.6) is 0 Å². The Kier molecular flexibility index (Phi) is 3.31. The van der Waals surface area contributed by atoms with E-state index in [9.17, 15) is 0 Å². The van der Waals surface area contributed by atoms with E-state index in [1.165, 1.54) is 32.1 Å². The van der Waals surface area contributed by atoms with Gasteiger partial charge < -0.3 is 4.43 Å². The van der Waals surface area contributed by atoms with Crippen molar-refractivity contribution in [3.05, 3.63) is 11.6 Å². The number of hydrogen-bond donors (Lipinski definition) is 0. The molecule has 1 aliphatic heterocycles. The summed E-state index contributed by atoms with van der Waals surface area (Å²) in [6.45, 7) is 14.7. The van der Waals surface area contributed by atoms with Crippen LogP contribution in [0.3, 0.4) is 0 Å². The van der Waals surface area contributed by atoms with E-state index in [-0.39, 0.29) is 0 Å². The molecular weight excluding hydrogens is 260 g/mol. The highest BCUT2D eigenvalue weighted by Crippen LogP contribution is 2.68. The van der Waals surface area contributed by atoms with E-state index in [1.54, 1.807) is 5.57 Å². The maximum atomic E-state index is 7.09. The molecule has 0 aromatic rings. The van der Waals surface area contributed by atoms with E-state index in [2.05, 4.69) is 47.6 Å². The Hall–Kier alpha value is -0.0831. The van der Waals surface area contributed by atoms with E-state index in [4.69, 9.17) is 4.43 Å². The smallest absolute Gasteiger partial charge is 0.207 e. The average Bonchev–Trinajstić information content (AvgIpc) is 2.67. The fraction of sp³-hybridized carbons (Fsp3) is 0.889. The van der Waals surface area contributed by atoms with Crippen molar-refractivity contribution in [1.82, 2.24) is 0 Å². The monoisotopic (exact) mass is 292 g/mol. The summed E-state index contributed by atoms with van der Waals surface area (Å²) in [7, 11) is -1.82. The van der Waals surface area contributed by atoms with Gasteiger partial charge in [-0.2, -0.15) is 0 Å². The Bertz CT molecular complexity index is 410. The van der Waals surface area contributed by atoms with Gasteiger partial charge in [-0.15, -0.1) is 0 Å². The Morgan fingerprint density at radius 3 is 2.30 bits per heavy atom. The molecule has 1 saturated heterocycles. The largest absolute Gasteiger partial charge is 0.412 e. The highest BCUT2D eigenvalue weighted by Gasteiger charge is 2.68. The van der Waals surface area contributed by atoms with E-state index < -0.39 is 8.32 Å². The molecule has 0 radical (unpaired) electrons. The molecule has 2 aliphatic carbocycles. The van der Waals surface area contributed by atoms with Gasteiger partial charge in [0.25, 0.3) is 0 Å². The van der Waals surface area contributed by atoms with Crippen LogP contribution in [0.1, 0.15) is 73.6 Å². The van der Waals surface area contributed by atoms with Crippen molar-refractivity contribution in [1.29, 1.82) is 0 Å². The minimum Gasteiger partial charge on any atom is -0.412 e. The zero-order valence-corrected chi connectivity index (χ0v) is 15.3. The van der Waals surface area contributed by atoms with Gasteiger partial charge in [-0.05, 0) is 47.7 Å². The van der Waals surface area contributed by atoms with Gasteiger partial charge in [0.1, 0.15) is 0 Å². The summed E-state index contributed by atoms with van der Waals surface area (Å²) in [5, 5.41) is 0.658. The van der Waals surface area contributed by atoms with Gasteiger partial charge in [0.15, 0.2) is 0 Å². The molecule has 0 unspecified atom stereocenters. The Labute approximate surface area is 126 Å². The fourth-order valence-corrected chi connectivity index (χ4v) is 13.6. The SMILES string of the molecule is CC(C)(C)[Si]1(C(C)(C)C)O[C@@H]2CCCC3=CCC[C@@H]1[C@@H]32. The first-order chi connectivity index (χ1) is 9.18. The molecule has 1 saturated carbocycles. The standard InChI is InChI=1S/C18H32OSi/c1-17(2,3)20(18(4,5)6)15-12-8-10-13-9-7-11-14(19-20)16(13)15/h10,14-16H,7-9,11-12H2,1-6H3/t14-,15-,16+/m1/s1. The van der Waals surface area contributed by atoms with Crippen molar-refractivity contribution in [3.8, 4) is 0 Å². The maximum Gasteiger partial charge on any atom is 0.207 e. The van der Waals surface area contributed by atoms with Gasteiger partial charge >= 0.3 is 0 Å². The molecule has 1 heterocycles.